The Morgan fingerprint density at radius 1 is 1.30 bits per heavy atom. The number of hydrogen-bond acceptors (Lipinski definition) is 6. The fourth-order valence-electron chi connectivity index (χ4n) is 3.45. The minimum Gasteiger partial charge on any atom is -0.495 e. The van der Waals surface area contributed by atoms with Crippen molar-refractivity contribution >= 4 is 21.7 Å². The van der Waals surface area contributed by atoms with Gasteiger partial charge in [0.15, 0.2) is 0 Å². The molecular formula is C20H26N4O5S. The number of benzene rings is 1. The lowest BCUT2D eigenvalue weighted by Crippen LogP contribution is -2.40. The molecule has 0 radical (unpaired) electrons. The van der Waals surface area contributed by atoms with Crippen molar-refractivity contribution in [2.75, 3.05) is 38.7 Å². The maximum atomic E-state index is 13.1. The number of amides is 1. The zero-order valence-electron chi connectivity index (χ0n) is 17.1. The zero-order chi connectivity index (χ0) is 21.3. The summed E-state index contributed by atoms with van der Waals surface area (Å²) < 4.78 is 40.0. The highest BCUT2D eigenvalue weighted by molar-refractivity contribution is 7.89. The molecule has 1 aliphatic heterocycles. The predicted molar refractivity (Wildman–Crippen MR) is 110 cm³/mol. The van der Waals surface area contributed by atoms with E-state index in [0.717, 1.165) is 12.1 Å². The summed E-state index contributed by atoms with van der Waals surface area (Å²) in [5, 5.41) is 7.25. The molecule has 0 spiro atoms. The van der Waals surface area contributed by atoms with Crippen molar-refractivity contribution in [2.24, 2.45) is 5.92 Å². The van der Waals surface area contributed by atoms with Crippen molar-refractivity contribution in [3.05, 3.63) is 35.5 Å². The van der Waals surface area contributed by atoms with E-state index in [1.807, 2.05) is 6.92 Å². The Hall–Kier alpha value is -2.43. The zero-order valence-corrected chi connectivity index (χ0v) is 17.9. The van der Waals surface area contributed by atoms with Gasteiger partial charge in [-0.3, -0.25) is 4.79 Å². The van der Waals surface area contributed by atoms with Crippen molar-refractivity contribution in [3.8, 4) is 5.75 Å². The molecule has 10 heteroatoms. The monoisotopic (exact) mass is 434 g/mol. The van der Waals surface area contributed by atoms with Crippen LogP contribution in [0, 0.1) is 12.8 Å². The third-order valence-corrected chi connectivity index (χ3v) is 7.32. The van der Waals surface area contributed by atoms with Gasteiger partial charge in [-0.1, -0.05) is 0 Å². The topological polar surface area (TPSA) is 103 Å². The summed E-state index contributed by atoms with van der Waals surface area (Å²) in [6.07, 6.45) is 4.07. The van der Waals surface area contributed by atoms with Gasteiger partial charge in [0.2, 0.25) is 10.0 Å². The Kier molecular flexibility index (Phi) is 5.81. The van der Waals surface area contributed by atoms with Crippen LogP contribution in [0.3, 0.4) is 0 Å². The van der Waals surface area contributed by atoms with Crippen molar-refractivity contribution in [1.29, 1.82) is 0 Å². The van der Waals surface area contributed by atoms with Crippen molar-refractivity contribution < 1.29 is 22.7 Å². The second kappa shape index (κ2) is 8.37. The number of nitrogens with zero attached hydrogens (tertiary/aromatic N) is 3. The number of carbonyl (C=O) groups is 1. The molecule has 9 nitrogen and oxygen atoms in total. The van der Waals surface area contributed by atoms with Gasteiger partial charge < -0.3 is 14.8 Å². The highest BCUT2D eigenvalue weighted by Crippen LogP contribution is 2.32. The molecule has 1 aromatic heterocycles. The first kappa shape index (κ1) is 20.8. The van der Waals surface area contributed by atoms with Crippen LogP contribution in [0.2, 0.25) is 0 Å². The molecule has 0 atom stereocenters. The second-order valence-electron chi connectivity index (χ2n) is 7.64. The third kappa shape index (κ3) is 4.21. The lowest BCUT2D eigenvalue weighted by atomic mass is 10.2. The number of aryl methyl sites for hydroxylation is 1. The Labute approximate surface area is 176 Å². The number of morpholine rings is 1. The predicted octanol–water partition coefficient (Wildman–Crippen LogP) is 1.88. The Morgan fingerprint density at radius 2 is 2.03 bits per heavy atom. The maximum absolute atomic E-state index is 13.1. The Balaban J connectivity index is 1.61. The van der Waals surface area contributed by atoms with Crippen LogP contribution in [0.4, 0.5) is 5.82 Å². The molecule has 30 heavy (non-hydrogen) atoms. The van der Waals surface area contributed by atoms with E-state index in [-0.39, 0.29) is 29.3 Å². The molecule has 1 saturated heterocycles. The lowest BCUT2D eigenvalue weighted by Gasteiger charge is -2.26. The summed E-state index contributed by atoms with van der Waals surface area (Å²) in [6.45, 7) is 3.86. The van der Waals surface area contributed by atoms with Crippen LogP contribution < -0.4 is 10.1 Å². The highest BCUT2D eigenvalue weighted by Gasteiger charge is 2.30. The van der Waals surface area contributed by atoms with Gasteiger partial charge in [-0.15, -0.1) is 0 Å². The van der Waals surface area contributed by atoms with Crippen LogP contribution in [-0.4, -0.2) is 61.8 Å². The van der Waals surface area contributed by atoms with E-state index in [2.05, 4.69) is 10.4 Å². The first-order valence-electron chi connectivity index (χ1n) is 10.00. The summed E-state index contributed by atoms with van der Waals surface area (Å²) >= 11 is 0. The number of sulfonamides is 1. The molecule has 1 saturated carbocycles. The fourth-order valence-corrected chi connectivity index (χ4v) is 5.04. The van der Waals surface area contributed by atoms with E-state index in [0.29, 0.717) is 24.9 Å². The second-order valence-corrected chi connectivity index (χ2v) is 9.54. The SMILES string of the molecule is COc1ccc(C(=O)Nc2c(C)cnn2CC2CC2)cc1S(=O)(=O)N1CCOCC1. The summed E-state index contributed by atoms with van der Waals surface area (Å²) in [7, 11) is -2.41. The lowest BCUT2D eigenvalue weighted by molar-refractivity contribution is 0.0729. The molecule has 1 amide bonds. The van der Waals surface area contributed by atoms with Gasteiger partial charge >= 0.3 is 0 Å². The van der Waals surface area contributed by atoms with Crippen LogP contribution >= 0.6 is 0 Å². The molecule has 2 aromatic rings. The number of nitrogens with one attached hydrogen (secondary N) is 1. The summed E-state index contributed by atoms with van der Waals surface area (Å²) in [4.78, 5) is 12.9. The van der Waals surface area contributed by atoms with E-state index in [1.165, 1.54) is 36.4 Å². The molecular weight excluding hydrogens is 408 g/mol. The molecule has 0 bridgehead atoms. The molecule has 0 unspecified atom stereocenters. The summed E-state index contributed by atoms with van der Waals surface area (Å²) in [5.74, 6) is 1.05. The standard InChI is InChI=1S/C20H26N4O5S/c1-14-12-21-24(13-15-3-4-15)19(14)22-20(25)16-5-6-17(28-2)18(11-16)30(26,27)23-7-9-29-10-8-23/h5-6,11-12,15H,3-4,7-10,13H2,1-2H3,(H,22,25). The van der Waals surface area contributed by atoms with Gasteiger partial charge in [0.05, 0.1) is 26.5 Å². The smallest absolute Gasteiger partial charge is 0.256 e. The largest absolute Gasteiger partial charge is 0.495 e. The molecule has 1 aromatic carbocycles. The third-order valence-electron chi connectivity index (χ3n) is 5.40. The summed E-state index contributed by atoms with van der Waals surface area (Å²) in [5.41, 5.74) is 1.10. The first-order chi connectivity index (χ1) is 14.4. The highest BCUT2D eigenvalue weighted by atomic mass is 32.2. The van der Waals surface area contributed by atoms with Crippen LogP contribution in [0.5, 0.6) is 5.75 Å². The van der Waals surface area contributed by atoms with Gasteiger partial charge in [0.1, 0.15) is 16.5 Å². The molecule has 1 aliphatic carbocycles. The van der Waals surface area contributed by atoms with E-state index >= 15 is 0 Å². The van der Waals surface area contributed by atoms with Gasteiger partial charge in [-0.25, -0.2) is 13.1 Å². The quantitative estimate of drug-likeness (QED) is 0.714. The normalized spacial score (nSPS) is 17.7. The van der Waals surface area contributed by atoms with E-state index < -0.39 is 15.9 Å². The van der Waals surface area contributed by atoms with Gasteiger partial charge in [0.25, 0.3) is 5.91 Å². The Morgan fingerprint density at radius 3 is 2.70 bits per heavy atom. The number of rotatable bonds is 7. The molecule has 162 valence electrons. The number of methoxy groups -OCH3 is 1. The van der Waals surface area contributed by atoms with E-state index in [1.54, 1.807) is 16.9 Å². The number of aromatic nitrogens is 2. The molecule has 2 aliphatic rings. The maximum Gasteiger partial charge on any atom is 0.256 e. The van der Waals surface area contributed by atoms with Crippen LogP contribution in [0.1, 0.15) is 28.8 Å². The average molecular weight is 435 g/mol. The minimum absolute atomic E-state index is 0.0252. The number of carbonyl (C=O) groups excluding carboxylic acids is 1. The Bertz CT molecular complexity index is 1040. The minimum atomic E-state index is -3.82. The number of ether oxygens (including phenoxy) is 2. The van der Waals surface area contributed by atoms with Crippen molar-refractivity contribution in [3.63, 3.8) is 0 Å². The molecule has 1 N–H and O–H groups in total. The molecule has 4 rings (SSSR count). The van der Waals surface area contributed by atoms with Crippen molar-refractivity contribution in [1.82, 2.24) is 14.1 Å². The van der Waals surface area contributed by atoms with Crippen LogP contribution in [0.15, 0.2) is 29.3 Å². The first-order valence-corrected chi connectivity index (χ1v) is 11.4. The summed E-state index contributed by atoms with van der Waals surface area (Å²) in [6, 6.07) is 4.44. The van der Waals surface area contributed by atoms with Gasteiger partial charge in [-0.2, -0.15) is 9.40 Å². The molecule has 2 heterocycles. The van der Waals surface area contributed by atoms with Gasteiger partial charge in [0, 0.05) is 30.8 Å². The van der Waals surface area contributed by atoms with Gasteiger partial charge in [-0.05, 0) is 43.9 Å². The van der Waals surface area contributed by atoms with Crippen LogP contribution in [-0.2, 0) is 21.3 Å². The number of anilines is 1. The molecule has 2 fully saturated rings. The van der Waals surface area contributed by atoms with E-state index in [9.17, 15) is 13.2 Å². The fraction of sp³-hybridized carbons (Fsp3) is 0.500. The van der Waals surface area contributed by atoms with Crippen LogP contribution in [0.25, 0.3) is 0 Å². The van der Waals surface area contributed by atoms with Crippen molar-refractivity contribution in [2.45, 2.75) is 31.2 Å². The van der Waals surface area contributed by atoms with E-state index in [4.69, 9.17) is 9.47 Å². The number of hydrogen-bond donors (Lipinski definition) is 1. The average Bonchev–Trinajstić information content (AvgIpc) is 3.52.